The highest BCUT2D eigenvalue weighted by Gasteiger charge is 2.22. The normalized spacial score (nSPS) is 11.8. The number of rotatable bonds is 8. The predicted molar refractivity (Wildman–Crippen MR) is 302 cm³/mol. The molecule has 0 atom stereocenters. The van der Waals surface area contributed by atoms with Crippen molar-refractivity contribution in [1.82, 2.24) is 0 Å². The van der Waals surface area contributed by atoms with E-state index in [1.54, 1.807) is 0 Å². The third-order valence-corrected chi connectivity index (χ3v) is 13.6. The lowest BCUT2D eigenvalue weighted by molar-refractivity contribution is 1.20. The first-order valence-electron chi connectivity index (χ1n) is 24.3. The van der Waals surface area contributed by atoms with Crippen LogP contribution in [0.1, 0.15) is 27.7 Å². The van der Waals surface area contributed by atoms with Crippen LogP contribution in [0.25, 0.3) is 109 Å². The number of allylic oxidation sites excluding steroid dienone is 3. The molecule has 12 rings (SSSR count). The number of hydrogen-bond donors (Lipinski definition) is 0. The Balaban J connectivity index is 0.00000257. The van der Waals surface area contributed by atoms with Crippen molar-refractivity contribution in [1.29, 1.82) is 0 Å². The Morgan fingerprint density at radius 2 is 0.681 bits per heavy atom. The molecule has 1 heteroatoms. The summed E-state index contributed by atoms with van der Waals surface area (Å²) in [5, 5.41) is 14.8. The van der Waals surface area contributed by atoms with Crippen molar-refractivity contribution >= 4 is 76.0 Å². The van der Waals surface area contributed by atoms with Gasteiger partial charge in [0.25, 0.3) is 0 Å². The van der Waals surface area contributed by atoms with Gasteiger partial charge in [0.15, 0.2) is 0 Å². The zero-order valence-electron chi connectivity index (χ0n) is 39.6. The molecular formula is C68H53N. The van der Waals surface area contributed by atoms with Gasteiger partial charge in [0.05, 0.1) is 0 Å². The van der Waals surface area contributed by atoms with Crippen LogP contribution in [-0.2, 0) is 0 Å². The van der Waals surface area contributed by atoms with Crippen LogP contribution in [0.5, 0.6) is 0 Å². The minimum absolute atomic E-state index is 1.11. The monoisotopic (exact) mass is 883 g/mol. The lowest BCUT2D eigenvalue weighted by atomic mass is 9.82. The van der Waals surface area contributed by atoms with E-state index in [1.165, 1.54) is 109 Å². The largest absolute Gasteiger partial charge is 0.311 e. The van der Waals surface area contributed by atoms with E-state index in [-0.39, 0.29) is 0 Å². The second kappa shape index (κ2) is 18.6. The van der Waals surface area contributed by atoms with E-state index in [0.717, 1.165) is 17.1 Å². The van der Waals surface area contributed by atoms with Crippen LogP contribution in [0, 0.1) is 0 Å². The minimum Gasteiger partial charge on any atom is -0.311 e. The van der Waals surface area contributed by atoms with Gasteiger partial charge in [0.2, 0.25) is 0 Å². The topological polar surface area (TPSA) is 3.24 Å². The maximum atomic E-state index is 2.49. The van der Waals surface area contributed by atoms with Crippen molar-refractivity contribution in [2.45, 2.75) is 27.7 Å². The molecule has 0 N–H and O–H groups in total. The first-order valence-corrected chi connectivity index (χ1v) is 24.3. The third-order valence-electron chi connectivity index (χ3n) is 13.6. The van der Waals surface area contributed by atoms with Gasteiger partial charge in [-0.3, -0.25) is 0 Å². The van der Waals surface area contributed by atoms with Crippen molar-refractivity contribution in [3.05, 3.63) is 254 Å². The van der Waals surface area contributed by atoms with E-state index >= 15 is 0 Å². The molecular weight excluding hydrogens is 831 g/mol. The molecule has 0 unspecified atom stereocenters. The molecule has 0 spiro atoms. The summed E-state index contributed by atoms with van der Waals surface area (Å²) in [6.07, 6.45) is 6.47. The highest BCUT2D eigenvalue weighted by atomic mass is 15.1. The minimum atomic E-state index is 1.11. The summed E-state index contributed by atoms with van der Waals surface area (Å²) >= 11 is 0. The van der Waals surface area contributed by atoms with Crippen LogP contribution >= 0.6 is 0 Å². The summed E-state index contributed by atoms with van der Waals surface area (Å²) in [6.45, 7) is 8.19. The van der Waals surface area contributed by atoms with E-state index in [0.29, 0.717) is 0 Å². The number of benzene rings is 12. The lowest BCUT2D eigenvalue weighted by Crippen LogP contribution is -2.15. The number of para-hydroxylation sites is 1. The summed E-state index contributed by atoms with van der Waals surface area (Å²) in [7, 11) is 0. The second-order valence-corrected chi connectivity index (χ2v) is 17.5. The van der Waals surface area contributed by atoms with E-state index < -0.39 is 0 Å². The maximum absolute atomic E-state index is 2.49. The van der Waals surface area contributed by atoms with Gasteiger partial charge in [-0.15, -0.1) is 0 Å². The SMILES string of the molecule is C/C=C\C(=C/C)N(c1ccccc1)c1cccc(-c2c3ccccc3c(-c3ccc4c(-c5ccc6ccccc6c5)c5ccccc5c(-c5ccc6ccccc6c5)c4c3)c3ccccc23)c1.CC. The molecule has 0 aromatic heterocycles. The molecule has 0 aliphatic rings. The van der Waals surface area contributed by atoms with Gasteiger partial charge in [0, 0.05) is 17.1 Å². The molecule has 1 nitrogen and oxygen atoms in total. The highest BCUT2D eigenvalue weighted by molar-refractivity contribution is 6.25. The standard InChI is InChI=1S/C66H47N.C2H6/c1-3-19-52(4-2)67(53-25-6-5-7-26-53)54-27-18-24-48(42-54)63-55-28-12-14-30-57(55)65(58-31-15-13-29-56(58)63)51-38-39-61-62(43-51)66(50-37-35-45-21-9-11-23-47(45)41-50)60-33-17-16-32-59(60)64(61)49-36-34-44-20-8-10-22-46(44)40-49;1-2/h3-43H,1-2H3;1-2H3/b19-3-,52-4+;. The molecule has 12 aromatic carbocycles. The number of anilines is 2. The fourth-order valence-corrected chi connectivity index (χ4v) is 10.7. The van der Waals surface area contributed by atoms with Crippen LogP contribution in [-0.4, -0.2) is 0 Å². The zero-order valence-corrected chi connectivity index (χ0v) is 39.6. The molecule has 69 heavy (non-hydrogen) atoms. The van der Waals surface area contributed by atoms with Crippen LogP contribution in [0.4, 0.5) is 11.4 Å². The van der Waals surface area contributed by atoms with E-state index in [2.05, 4.69) is 267 Å². The summed E-state index contributed by atoms with van der Waals surface area (Å²) in [5.41, 5.74) is 13.1. The van der Waals surface area contributed by atoms with Crippen molar-refractivity contribution in [3.63, 3.8) is 0 Å². The Morgan fingerprint density at radius 3 is 1.16 bits per heavy atom. The van der Waals surface area contributed by atoms with E-state index in [9.17, 15) is 0 Å². The summed E-state index contributed by atoms with van der Waals surface area (Å²) in [4.78, 5) is 2.35. The van der Waals surface area contributed by atoms with Crippen molar-refractivity contribution in [2.24, 2.45) is 0 Å². The van der Waals surface area contributed by atoms with Gasteiger partial charge in [-0.05, 0) is 172 Å². The fraction of sp³-hybridized carbons (Fsp3) is 0.0588. The Kier molecular flexibility index (Phi) is 11.6. The van der Waals surface area contributed by atoms with Crippen LogP contribution in [0.15, 0.2) is 254 Å². The quantitative estimate of drug-likeness (QED) is 0.109. The van der Waals surface area contributed by atoms with Gasteiger partial charge < -0.3 is 4.90 Å². The summed E-state index contributed by atoms with van der Waals surface area (Å²) < 4.78 is 0. The maximum Gasteiger partial charge on any atom is 0.0467 e. The Labute approximate surface area is 405 Å². The smallest absolute Gasteiger partial charge is 0.0467 e. The Hall–Kier alpha value is -8.52. The molecule has 0 saturated heterocycles. The fourth-order valence-electron chi connectivity index (χ4n) is 10.7. The second-order valence-electron chi connectivity index (χ2n) is 17.5. The molecule has 0 fully saturated rings. The van der Waals surface area contributed by atoms with Crippen LogP contribution < -0.4 is 4.90 Å². The van der Waals surface area contributed by atoms with Crippen molar-refractivity contribution < 1.29 is 0 Å². The lowest BCUT2D eigenvalue weighted by Gasteiger charge is -2.27. The zero-order chi connectivity index (χ0) is 46.8. The van der Waals surface area contributed by atoms with Gasteiger partial charge in [0.1, 0.15) is 0 Å². The van der Waals surface area contributed by atoms with Gasteiger partial charge >= 0.3 is 0 Å². The number of fused-ring (bicyclic) bond motifs is 6. The highest BCUT2D eigenvalue weighted by Crippen LogP contribution is 2.49. The Morgan fingerprint density at radius 1 is 0.304 bits per heavy atom. The molecule has 12 aromatic rings. The molecule has 330 valence electrons. The van der Waals surface area contributed by atoms with Crippen molar-refractivity contribution in [3.8, 4) is 44.5 Å². The number of nitrogens with zero attached hydrogens (tertiary/aromatic N) is 1. The predicted octanol–water partition coefficient (Wildman–Crippen LogP) is 19.9. The molecule has 0 radical (unpaired) electrons. The van der Waals surface area contributed by atoms with Crippen molar-refractivity contribution in [2.75, 3.05) is 4.90 Å². The summed E-state index contributed by atoms with van der Waals surface area (Å²) in [5.74, 6) is 0. The molecule has 0 aliphatic carbocycles. The van der Waals surface area contributed by atoms with Crippen LogP contribution in [0.3, 0.4) is 0 Å². The third kappa shape index (κ3) is 7.63. The Bertz CT molecular complexity index is 3890. The first kappa shape index (κ1) is 43.1. The molecule has 0 aliphatic heterocycles. The molecule has 0 amide bonds. The van der Waals surface area contributed by atoms with E-state index in [4.69, 9.17) is 0 Å². The van der Waals surface area contributed by atoms with Crippen LogP contribution in [0.2, 0.25) is 0 Å². The van der Waals surface area contributed by atoms with Gasteiger partial charge in [-0.1, -0.05) is 214 Å². The molecule has 0 saturated carbocycles. The molecule has 0 bridgehead atoms. The summed E-state index contributed by atoms with van der Waals surface area (Å²) in [6, 6.07) is 85.3. The van der Waals surface area contributed by atoms with Gasteiger partial charge in [-0.25, -0.2) is 0 Å². The first-order chi connectivity index (χ1) is 34.2. The average Bonchev–Trinajstić information content (AvgIpc) is 3.42. The molecule has 0 heterocycles. The average molecular weight is 884 g/mol. The van der Waals surface area contributed by atoms with E-state index in [1.807, 2.05) is 13.8 Å². The van der Waals surface area contributed by atoms with Gasteiger partial charge in [-0.2, -0.15) is 0 Å². The number of hydrogen-bond acceptors (Lipinski definition) is 1.